The maximum Gasteiger partial charge on any atom is 0.123 e. The number of nitrogens with one attached hydrogen (secondary N) is 1. The lowest BCUT2D eigenvalue weighted by Crippen LogP contribution is -2.45. The molecule has 0 heterocycles. The van der Waals surface area contributed by atoms with Crippen molar-refractivity contribution in [3.05, 3.63) is 35.6 Å². The molecule has 0 aromatic heterocycles. The summed E-state index contributed by atoms with van der Waals surface area (Å²) < 4.78 is 18.5. The van der Waals surface area contributed by atoms with Gasteiger partial charge in [0.2, 0.25) is 0 Å². The number of halogens is 1. The van der Waals surface area contributed by atoms with Gasteiger partial charge in [-0.2, -0.15) is 0 Å². The Kier molecular flexibility index (Phi) is 5.73. The molecule has 2 rings (SSSR count). The predicted molar refractivity (Wildman–Crippen MR) is 81.6 cm³/mol. The lowest BCUT2D eigenvalue weighted by molar-refractivity contribution is 0.00325. The SMILES string of the molecule is CC(C)OCC(O)CNC1(c2ccc(F)cc2)CCCC1. The summed E-state index contributed by atoms with van der Waals surface area (Å²) in [5, 5.41) is 13.5. The van der Waals surface area contributed by atoms with E-state index in [1.165, 1.54) is 12.1 Å². The molecule has 0 amide bonds. The number of hydrogen-bond donors (Lipinski definition) is 2. The average molecular weight is 295 g/mol. The molecule has 1 aromatic rings. The molecule has 0 saturated heterocycles. The topological polar surface area (TPSA) is 41.5 Å². The van der Waals surface area contributed by atoms with Crippen LogP contribution < -0.4 is 5.32 Å². The normalized spacial score (nSPS) is 19.1. The molecule has 21 heavy (non-hydrogen) atoms. The standard InChI is InChI=1S/C17H26FNO2/c1-13(2)21-12-16(20)11-19-17(9-3-4-10-17)14-5-7-15(18)8-6-14/h5-8,13,16,19-20H,3-4,9-12H2,1-2H3. The molecule has 3 nitrogen and oxygen atoms in total. The van der Waals surface area contributed by atoms with E-state index in [0.29, 0.717) is 13.2 Å². The van der Waals surface area contributed by atoms with Crippen molar-refractivity contribution in [3.63, 3.8) is 0 Å². The van der Waals surface area contributed by atoms with Gasteiger partial charge >= 0.3 is 0 Å². The maximum absolute atomic E-state index is 13.1. The van der Waals surface area contributed by atoms with Crippen molar-refractivity contribution in [1.82, 2.24) is 5.32 Å². The first-order chi connectivity index (χ1) is 10.0. The summed E-state index contributed by atoms with van der Waals surface area (Å²) in [6.45, 7) is 4.74. The summed E-state index contributed by atoms with van der Waals surface area (Å²) in [7, 11) is 0. The second-order valence-corrected chi connectivity index (χ2v) is 6.21. The van der Waals surface area contributed by atoms with Gasteiger partial charge in [-0.3, -0.25) is 0 Å². The Morgan fingerprint density at radius 1 is 1.24 bits per heavy atom. The van der Waals surface area contributed by atoms with Gasteiger partial charge < -0.3 is 15.2 Å². The van der Waals surface area contributed by atoms with E-state index in [2.05, 4.69) is 5.32 Å². The number of ether oxygens (including phenoxy) is 1. The first-order valence-corrected chi connectivity index (χ1v) is 7.82. The van der Waals surface area contributed by atoms with Gasteiger partial charge in [0.25, 0.3) is 0 Å². The lowest BCUT2D eigenvalue weighted by atomic mass is 9.88. The Bertz CT molecular complexity index is 427. The second kappa shape index (κ2) is 7.34. The molecule has 4 heteroatoms. The molecular formula is C17H26FNO2. The Morgan fingerprint density at radius 2 is 1.86 bits per heavy atom. The van der Waals surface area contributed by atoms with Crippen molar-refractivity contribution in [2.75, 3.05) is 13.2 Å². The van der Waals surface area contributed by atoms with Crippen LogP contribution in [-0.4, -0.2) is 30.5 Å². The van der Waals surface area contributed by atoms with Crippen LogP contribution in [0.3, 0.4) is 0 Å². The van der Waals surface area contributed by atoms with Crippen molar-refractivity contribution in [2.24, 2.45) is 0 Å². The number of rotatable bonds is 7. The summed E-state index contributed by atoms with van der Waals surface area (Å²) in [4.78, 5) is 0. The van der Waals surface area contributed by atoms with Crippen LogP contribution in [0.5, 0.6) is 0 Å². The molecular weight excluding hydrogens is 269 g/mol. The van der Waals surface area contributed by atoms with Crippen molar-refractivity contribution >= 4 is 0 Å². The van der Waals surface area contributed by atoms with Gasteiger partial charge in [-0.25, -0.2) is 4.39 Å². The molecule has 1 aromatic carbocycles. The quantitative estimate of drug-likeness (QED) is 0.812. The highest BCUT2D eigenvalue weighted by atomic mass is 19.1. The Labute approximate surface area is 126 Å². The van der Waals surface area contributed by atoms with Gasteiger partial charge in [0.15, 0.2) is 0 Å². The number of hydrogen-bond acceptors (Lipinski definition) is 3. The minimum atomic E-state index is -0.523. The fraction of sp³-hybridized carbons (Fsp3) is 0.647. The van der Waals surface area contributed by atoms with Crippen LogP contribution in [0.2, 0.25) is 0 Å². The van der Waals surface area contributed by atoms with E-state index in [1.54, 1.807) is 0 Å². The monoisotopic (exact) mass is 295 g/mol. The Hall–Kier alpha value is -0.970. The predicted octanol–water partition coefficient (Wildman–Crippen LogP) is 2.97. The molecule has 0 spiro atoms. The maximum atomic E-state index is 13.1. The van der Waals surface area contributed by atoms with Gasteiger partial charge in [0, 0.05) is 12.1 Å². The highest BCUT2D eigenvalue weighted by molar-refractivity contribution is 5.26. The summed E-state index contributed by atoms with van der Waals surface area (Å²) in [5.74, 6) is -0.211. The van der Waals surface area contributed by atoms with Crippen molar-refractivity contribution in [3.8, 4) is 0 Å². The van der Waals surface area contributed by atoms with Crippen molar-refractivity contribution in [1.29, 1.82) is 0 Å². The van der Waals surface area contributed by atoms with E-state index in [1.807, 2.05) is 26.0 Å². The Morgan fingerprint density at radius 3 is 2.43 bits per heavy atom. The molecule has 1 aliphatic carbocycles. The fourth-order valence-electron chi connectivity index (χ4n) is 2.99. The molecule has 0 radical (unpaired) electrons. The third kappa shape index (κ3) is 4.50. The fourth-order valence-corrected chi connectivity index (χ4v) is 2.99. The van der Waals surface area contributed by atoms with Crippen LogP contribution in [0.25, 0.3) is 0 Å². The van der Waals surface area contributed by atoms with Crippen LogP contribution in [0.4, 0.5) is 4.39 Å². The van der Waals surface area contributed by atoms with E-state index in [9.17, 15) is 9.50 Å². The van der Waals surface area contributed by atoms with Gasteiger partial charge in [-0.05, 0) is 44.4 Å². The van der Waals surface area contributed by atoms with Crippen LogP contribution in [0.15, 0.2) is 24.3 Å². The second-order valence-electron chi connectivity index (χ2n) is 6.21. The molecule has 1 atom stereocenters. The summed E-state index contributed by atoms with van der Waals surface area (Å²) >= 11 is 0. The highest BCUT2D eigenvalue weighted by Gasteiger charge is 2.35. The molecule has 2 N–H and O–H groups in total. The number of benzene rings is 1. The van der Waals surface area contributed by atoms with Gasteiger partial charge in [-0.15, -0.1) is 0 Å². The summed E-state index contributed by atoms with van der Waals surface area (Å²) in [5.41, 5.74) is 0.977. The van der Waals surface area contributed by atoms with Crippen LogP contribution >= 0.6 is 0 Å². The average Bonchev–Trinajstić information content (AvgIpc) is 2.93. The van der Waals surface area contributed by atoms with Gasteiger partial charge in [0.05, 0.1) is 18.8 Å². The number of aliphatic hydroxyl groups is 1. The van der Waals surface area contributed by atoms with Gasteiger partial charge in [-0.1, -0.05) is 25.0 Å². The highest BCUT2D eigenvalue weighted by Crippen LogP contribution is 2.38. The van der Waals surface area contributed by atoms with Crippen LogP contribution in [-0.2, 0) is 10.3 Å². The van der Waals surface area contributed by atoms with E-state index in [4.69, 9.17) is 4.74 Å². The lowest BCUT2D eigenvalue weighted by Gasteiger charge is -2.32. The summed E-state index contributed by atoms with van der Waals surface area (Å²) in [6.07, 6.45) is 3.96. The van der Waals surface area contributed by atoms with E-state index in [0.717, 1.165) is 31.2 Å². The van der Waals surface area contributed by atoms with E-state index in [-0.39, 0.29) is 17.5 Å². The molecule has 1 saturated carbocycles. The zero-order valence-electron chi connectivity index (χ0n) is 12.9. The van der Waals surface area contributed by atoms with Crippen LogP contribution in [0, 0.1) is 5.82 Å². The minimum absolute atomic E-state index is 0.122. The largest absolute Gasteiger partial charge is 0.389 e. The Balaban J connectivity index is 1.97. The van der Waals surface area contributed by atoms with Gasteiger partial charge in [0.1, 0.15) is 5.82 Å². The third-order valence-corrected chi connectivity index (χ3v) is 4.15. The third-order valence-electron chi connectivity index (χ3n) is 4.15. The molecule has 1 fully saturated rings. The smallest absolute Gasteiger partial charge is 0.123 e. The molecule has 0 bridgehead atoms. The van der Waals surface area contributed by atoms with Crippen molar-refractivity contribution < 1.29 is 14.2 Å². The van der Waals surface area contributed by atoms with Crippen LogP contribution in [0.1, 0.15) is 45.1 Å². The first-order valence-electron chi connectivity index (χ1n) is 7.82. The minimum Gasteiger partial charge on any atom is -0.389 e. The molecule has 118 valence electrons. The zero-order chi connectivity index (χ0) is 15.3. The van der Waals surface area contributed by atoms with E-state index >= 15 is 0 Å². The first kappa shape index (κ1) is 16.4. The molecule has 1 unspecified atom stereocenters. The van der Waals surface area contributed by atoms with E-state index < -0.39 is 6.10 Å². The summed E-state index contributed by atoms with van der Waals surface area (Å²) in [6, 6.07) is 6.72. The zero-order valence-corrected chi connectivity index (χ0v) is 12.9. The molecule has 0 aliphatic heterocycles. The number of aliphatic hydroxyl groups excluding tert-OH is 1. The van der Waals surface area contributed by atoms with Crippen molar-refractivity contribution in [2.45, 2.75) is 57.3 Å². The molecule has 1 aliphatic rings.